The topological polar surface area (TPSA) is 17.8 Å². The van der Waals surface area contributed by atoms with Crippen LogP contribution in [0.5, 0.6) is 0 Å². The third kappa shape index (κ3) is 2.86. The van der Waals surface area contributed by atoms with E-state index in [9.17, 15) is 0 Å². The zero-order chi connectivity index (χ0) is 22.6. The molecule has 160 valence electrons. The number of aromatic nitrogens is 2. The van der Waals surface area contributed by atoms with Crippen LogP contribution in [-0.4, -0.2) is 9.55 Å². The smallest absolute Gasteiger partial charge is 0.0788 e. The van der Waals surface area contributed by atoms with Crippen molar-refractivity contribution in [1.29, 1.82) is 0 Å². The van der Waals surface area contributed by atoms with Gasteiger partial charge < -0.3 is 4.57 Å². The number of para-hydroxylation sites is 2. The van der Waals surface area contributed by atoms with Crippen LogP contribution in [0.4, 0.5) is 0 Å². The molecular formula is C31H19ClN2. The van der Waals surface area contributed by atoms with Gasteiger partial charge in [0, 0.05) is 37.8 Å². The summed E-state index contributed by atoms with van der Waals surface area (Å²) in [6.45, 7) is 0. The fourth-order valence-corrected chi connectivity index (χ4v) is 5.28. The van der Waals surface area contributed by atoms with Crippen LogP contribution < -0.4 is 0 Å². The van der Waals surface area contributed by atoms with E-state index in [2.05, 4.69) is 102 Å². The van der Waals surface area contributed by atoms with Gasteiger partial charge in [0.05, 0.1) is 22.2 Å². The van der Waals surface area contributed by atoms with E-state index in [1.165, 1.54) is 10.8 Å². The minimum Gasteiger partial charge on any atom is -0.309 e. The van der Waals surface area contributed by atoms with Crippen molar-refractivity contribution in [3.8, 4) is 16.9 Å². The SMILES string of the molecule is Clc1ccc2c(c1)c1cc3c(cc1n2-c1ccccc1)c(-c1ccccc1)nc1ccccc13. The van der Waals surface area contributed by atoms with Gasteiger partial charge in [-0.05, 0) is 53.9 Å². The number of halogens is 1. The number of fused-ring (bicyclic) bond motifs is 6. The molecule has 7 aromatic rings. The molecule has 0 amide bonds. The summed E-state index contributed by atoms with van der Waals surface area (Å²) in [6, 6.07) is 40.1. The first-order chi connectivity index (χ1) is 16.8. The quantitative estimate of drug-likeness (QED) is 0.238. The molecule has 0 radical (unpaired) electrons. The highest BCUT2D eigenvalue weighted by Gasteiger charge is 2.17. The molecule has 5 aromatic carbocycles. The van der Waals surface area contributed by atoms with E-state index in [0.717, 1.165) is 54.7 Å². The number of hydrogen-bond donors (Lipinski definition) is 0. The van der Waals surface area contributed by atoms with Gasteiger partial charge in [-0.3, -0.25) is 0 Å². The molecule has 0 saturated heterocycles. The van der Waals surface area contributed by atoms with Gasteiger partial charge in [0.2, 0.25) is 0 Å². The first kappa shape index (κ1) is 19.3. The zero-order valence-electron chi connectivity index (χ0n) is 18.2. The minimum absolute atomic E-state index is 0.740. The Bertz CT molecular complexity index is 1850. The van der Waals surface area contributed by atoms with E-state index in [-0.39, 0.29) is 0 Å². The molecule has 0 spiro atoms. The third-order valence-corrected chi connectivity index (χ3v) is 6.84. The van der Waals surface area contributed by atoms with Crippen molar-refractivity contribution >= 4 is 55.1 Å². The third-order valence-electron chi connectivity index (χ3n) is 6.61. The Balaban J connectivity index is 1.72. The Morgan fingerprint density at radius 1 is 0.529 bits per heavy atom. The molecular weight excluding hydrogens is 436 g/mol. The summed E-state index contributed by atoms with van der Waals surface area (Å²) in [7, 11) is 0. The van der Waals surface area contributed by atoms with Crippen LogP contribution in [0, 0.1) is 0 Å². The monoisotopic (exact) mass is 454 g/mol. The number of pyridine rings is 1. The van der Waals surface area contributed by atoms with E-state index >= 15 is 0 Å². The van der Waals surface area contributed by atoms with E-state index in [0.29, 0.717) is 0 Å². The predicted octanol–water partition coefficient (Wildman–Crippen LogP) is 8.81. The molecule has 2 nitrogen and oxygen atoms in total. The molecule has 0 bridgehead atoms. The molecule has 0 aliphatic rings. The van der Waals surface area contributed by atoms with Gasteiger partial charge >= 0.3 is 0 Å². The zero-order valence-corrected chi connectivity index (χ0v) is 19.0. The second-order valence-electron chi connectivity index (χ2n) is 8.59. The van der Waals surface area contributed by atoms with Gasteiger partial charge in [0.1, 0.15) is 0 Å². The fourth-order valence-electron chi connectivity index (χ4n) is 5.11. The minimum atomic E-state index is 0.740. The van der Waals surface area contributed by atoms with Gasteiger partial charge in [-0.2, -0.15) is 0 Å². The van der Waals surface area contributed by atoms with Gasteiger partial charge in [-0.25, -0.2) is 4.98 Å². The summed E-state index contributed by atoms with van der Waals surface area (Å²) in [5, 5.41) is 6.57. The molecule has 34 heavy (non-hydrogen) atoms. The maximum atomic E-state index is 6.47. The summed E-state index contributed by atoms with van der Waals surface area (Å²) in [5.74, 6) is 0. The summed E-state index contributed by atoms with van der Waals surface area (Å²) in [6.07, 6.45) is 0. The number of rotatable bonds is 2. The van der Waals surface area contributed by atoms with E-state index in [4.69, 9.17) is 16.6 Å². The van der Waals surface area contributed by atoms with Gasteiger partial charge in [0.15, 0.2) is 0 Å². The fraction of sp³-hybridized carbons (Fsp3) is 0. The molecule has 2 heterocycles. The Morgan fingerprint density at radius 2 is 1.24 bits per heavy atom. The lowest BCUT2D eigenvalue weighted by Crippen LogP contribution is -1.94. The summed E-state index contributed by atoms with van der Waals surface area (Å²) in [5.41, 5.74) is 6.52. The van der Waals surface area contributed by atoms with Gasteiger partial charge in [0.25, 0.3) is 0 Å². The number of benzene rings is 5. The highest BCUT2D eigenvalue weighted by molar-refractivity contribution is 6.32. The molecule has 0 saturated carbocycles. The highest BCUT2D eigenvalue weighted by atomic mass is 35.5. The van der Waals surface area contributed by atoms with Gasteiger partial charge in [-0.15, -0.1) is 0 Å². The van der Waals surface area contributed by atoms with Crippen molar-refractivity contribution in [3.05, 3.63) is 120 Å². The first-order valence-electron chi connectivity index (χ1n) is 11.3. The molecule has 0 fully saturated rings. The highest BCUT2D eigenvalue weighted by Crippen LogP contribution is 2.40. The first-order valence-corrected chi connectivity index (χ1v) is 11.7. The second-order valence-corrected chi connectivity index (χ2v) is 9.03. The Morgan fingerprint density at radius 3 is 2.06 bits per heavy atom. The van der Waals surface area contributed by atoms with E-state index < -0.39 is 0 Å². The Hall–Kier alpha value is -4.14. The Labute approximate surface area is 201 Å². The maximum Gasteiger partial charge on any atom is 0.0788 e. The van der Waals surface area contributed by atoms with Crippen molar-refractivity contribution in [1.82, 2.24) is 9.55 Å². The van der Waals surface area contributed by atoms with Crippen LogP contribution in [0.2, 0.25) is 5.02 Å². The predicted molar refractivity (Wildman–Crippen MR) is 144 cm³/mol. The molecule has 0 aliphatic heterocycles. The standard InChI is InChI=1S/C31H19ClN2/c32-21-15-16-29-25(17-21)26-18-24-23-13-7-8-14-28(23)33-31(20-9-3-1-4-10-20)27(24)19-30(26)34(29)22-11-5-2-6-12-22/h1-19H. The average Bonchev–Trinajstić information content (AvgIpc) is 3.20. The normalized spacial score (nSPS) is 11.7. The van der Waals surface area contributed by atoms with Crippen LogP contribution >= 0.6 is 11.6 Å². The number of hydrogen-bond acceptors (Lipinski definition) is 1. The molecule has 0 N–H and O–H groups in total. The largest absolute Gasteiger partial charge is 0.309 e. The van der Waals surface area contributed by atoms with Crippen molar-refractivity contribution in [2.24, 2.45) is 0 Å². The summed E-state index contributed by atoms with van der Waals surface area (Å²) in [4.78, 5) is 5.12. The lowest BCUT2D eigenvalue weighted by Gasteiger charge is -2.12. The van der Waals surface area contributed by atoms with Crippen LogP contribution in [0.1, 0.15) is 0 Å². The van der Waals surface area contributed by atoms with Crippen LogP contribution in [-0.2, 0) is 0 Å². The van der Waals surface area contributed by atoms with Gasteiger partial charge in [-0.1, -0.05) is 78.3 Å². The summed E-state index contributed by atoms with van der Waals surface area (Å²) >= 11 is 6.47. The lowest BCUT2D eigenvalue weighted by atomic mass is 9.98. The van der Waals surface area contributed by atoms with Crippen LogP contribution in [0.15, 0.2) is 115 Å². The molecule has 0 unspecified atom stereocenters. The molecule has 0 aliphatic carbocycles. The summed E-state index contributed by atoms with van der Waals surface area (Å²) < 4.78 is 2.32. The van der Waals surface area contributed by atoms with Crippen molar-refractivity contribution < 1.29 is 0 Å². The maximum absolute atomic E-state index is 6.47. The second kappa shape index (κ2) is 7.44. The van der Waals surface area contributed by atoms with Crippen molar-refractivity contribution in [3.63, 3.8) is 0 Å². The molecule has 2 aromatic heterocycles. The lowest BCUT2D eigenvalue weighted by molar-refractivity contribution is 1.18. The van der Waals surface area contributed by atoms with E-state index in [1.807, 2.05) is 18.2 Å². The molecule has 3 heteroatoms. The number of nitrogens with zero attached hydrogens (tertiary/aromatic N) is 2. The van der Waals surface area contributed by atoms with Crippen molar-refractivity contribution in [2.45, 2.75) is 0 Å². The molecule has 0 atom stereocenters. The van der Waals surface area contributed by atoms with E-state index in [1.54, 1.807) is 0 Å². The average molecular weight is 455 g/mol. The molecule has 7 rings (SSSR count). The van der Waals surface area contributed by atoms with Crippen molar-refractivity contribution in [2.75, 3.05) is 0 Å². The van der Waals surface area contributed by atoms with Crippen LogP contribution in [0.3, 0.4) is 0 Å². The Kier molecular flexibility index (Phi) is 4.23. The van der Waals surface area contributed by atoms with Crippen LogP contribution in [0.25, 0.3) is 60.4 Å².